The number of aromatic nitrogens is 2. The molecule has 1 aliphatic carbocycles. The van der Waals surface area contributed by atoms with Crippen LogP contribution in [0.15, 0.2) is 0 Å². The van der Waals surface area contributed by atoms with Crippen molar-refractivity contribution >= 4 is 17.3 Å². The van der Waals surface area contributed by atoms with Crippen LogP contribution in [-0.2, 0) is 0 Å². The third kappa shape index (κ3) is 3.04. The Bertz CT molecular complexity index is 337. The molecule has 0 bridgehead atoms. The summed E-state index contributed by atoms with van der Waals surface area (Å²) in [6.45, 7) is 0. The number of aromatic carboxylic acids is 1. The molecule has 0 spiro atoms. The standard InChI is InChI=1S/C9H12N2O2S.Li/c12-9(13)8-11-10-7(14-8)6-4-2-1-3-5-6;/h6H,1-5H2,(H,12,13);/q;+1/p-1. The molecule has 76 valence electrons. The van der Waals surface area contributed by atoms with Gasteiger partial charge in [-0.3, -0.25) is 0 Å². The summed E-state index contributed by atoms with van der Waals surface area (Å²) >= 11 is 1.16. The fourth-order valence-corrected chi connectivity index (χ4v) is 2.68. The summed E-state index contributed by atoms with van der Waals surface area (Å²) in [7, 11) is 0. The van der Waals surface area contributed by atoms with Crippen molar-refractivity contribution < 1.29 is 28.8 Å². The van der Waals surface area contributed by atoms with Crippen LogP contribution in [0.4, 0.5) is 0 Å². The number of carbonyl (C=O) groups is 1. The van der Waals surface area contributed by atoms with Crippen LogP contribution in [0.25, 0.3) is 0 Å². The molecule has 0 aliphatic heterocycles. The SMILES string of the molecule is O=C([O-])c1nnc(C2CCCCC2)s1.[Li+]. The molecule has 15 heavy (non-hydrogen) atoms. The largest absolute Gasteiger partial charge is 1.00 e. The van der Waals surface area contributed by atoms with E-state index < -0.39 is 5.97 Å². The molecule has 0 radical (unpaired) electrons. The van der Waals surface area contributed by atoms with Crippen LogP contribution >= 0.6 is 11.3 Å². The molecule has 0 unspecified atom stereocenters. The Labute approximate surface area is 104 Å². The minimum Gasteiger partial charge on any atom is -0.542 e. The number of carboxylic acid groups (broad SMARTS) is 1. The fraction of sp³-hybridized carbons (Fsp3) is 0.667. The van der Waals surface area contributed by atoms with E-state index in [0.29, 0.717) is 5.92 Å². The Morgan fingerprint density at radius 3 is 2.47 bits per heavy atom. The molecule has 1 fully saturated rings. The normalized spacial score (nSPS) is 17.1. The van der Waals surface area contributed by atoms with E-state index >= 15 is 0 Å². The average Bonchev–Trinajstić information content (AvgIpc) is 2.68. The van der Waals surface area contributed by atoms with Crippen LogP contribution in [0, 0.1) is 0 Å². The Kier molecular flexibility index (Phi) is 4.77. The summed E-state index contributed by atoms with van der Waals surface area (Å²) in [6, 6.07) is 0. The van der Waals surface area contributed by atoms with Gasteiger partial charge in [-0.25, -0.2) is 0 Å². The van der Waals surface area contributed by atoms with Gasteiger partial charge in [0.1, 0.15) is 11.0 Å². The average molecular weight is 218 g/mol. The maximum Gasteiger partial charge on any atom is 1.00 e. The number of nitrogens with zero attached hydrogens (tertiary/aromatic N) is 2. The second-order valence-corrected chi connectivity index (χ2v) is 4.58. The maximum absolute atomic E-state index is 10.5. The van der Waals surface area contributed by atoms with Gasteiger partial charge in [-0.05, 0) is 12.8 Å². The fourth-order valence-electron chi connectivity index (χ4n) is 1.83. The first-order valence-electron chi connectivity index (χ1n) is 4.82. The molecule has 0 saturated heterocycles. The molecule has 1 aliphatic rings. The van der Waals surface area contributed by atoms with Crippen LogP contribution in [0.3, 0.4) is 0 Å². The maximum atomic E-state index is 10.5. The smallest absolute Gasteiger partial charge is 0.542 e. The molecule has 6 heteroatoms. The predicted molar refractivity (Wildman–Crippen MR) is 50.1 cm³/mol. The molecule has 1 aromatic rings. The summed E-state index contributed by atoms with van der Waals surface area (Å²) in [4.78, 5) is 10.5. The van der Waals surface area contributed by atoms with E-state index in [1.807, 2.05) is 0 Å². The van der Waals surface area contributed by atoms with Gasteiger partial charge < -0.3 is 9.90 Å². The minimum absolute atomic E-state index is 0. The van der Waals surface area contributed by atoms with Crippen molar-refractivity contribution in [3.05, 3.63) is 10.0 Å². The monoisotopic (exact) mass is 218 g/mol. The predicted octanol–water partition coefficient (Wildman–Crippen LogP) is -2.05. The minimum atomic E-state index is -1.22. The molecular formula is C9H11LiN2O2S. The molecule has 0 amide bonds. The van der Waals surface area contributed by atoms with Crippen LogP contribution in [0.1, 0.15) is 52.8 Å². The topological polar surface area (TPSA) is 65.9 Å². The van der Waals surface area contributed by atoms with E-state index in [1.54, 1.807) is 0 Å². The second kappa shape index (κ2) is 5.64. The summed E-state index contributed by atoms with van der Waals surface area (Å²) in [5.74, 6) is -0.793. The van der Waals surface area contributed by atoms with E-state index in [2.05, 4.69) is 10.2 Å². The van der Waals surface area contributed by atoms with E-state index in [1.165, 1.54) is 19.3 Å². The van der Waals surface area contributed by atoms with Gasteiger partial charge in [-0.1, -0.05) is 30.6 Å². The number of hydrogen-bond acceptors (Lipinski definition) is 5. The third-order valence-corrected chi connectivity index (χ3v) is 3.64. The van der Waals surface area contributed by atoms with Crippen LogP contribution in [0.2, 0.25) is 0 Å². The van der Waals surface area contributed by atoms with E-state index in [4.69, 9.17) is 0 Å². The molecule has 1 saturated carbocycles. The molecule has 4 nitrogen and oxygen atoms in total. The summed E-state index contributed by atoms with van der Waals surface area (Å²) < 4.78 is 0. The van der Waals surface area contributed by atoms with Gasteiger partial charge in [0, 0.05) is 5.92 Å². The number of hydrogen-bond donors (Lipinski definition) is 0. The first kappa shape index (κ1) is 12.7. The van der Waals surface area contributed by atoms with E-state index in [9.17, 15) is 9.90 Å². The van der Waals surface area contributed by atoms with Crippen molar-refractivity contribution in [3.8, 4) is 0 Å². The zero-order valence-electron chi connectivity index (χ0n) is 8.73. The first-order chi connectivity index (χ1) is 6.77. The quantitative estimate of drug-likeness (QED) is 0.536. The Balaban J connectivity index is 0.00000112. The first-order valence-corrected chi connectivity index (χ1v) is 5.64. The Hall–Kier alpha value is -0.373. The number of carboxylic acids is 1. The van der Waals surface area contributed by atoms with Crippen molar-refractivity contribution in [3.63, 3.8) is 0 Å². The van der Waals surface area contributed by atoms with Gasteiger partial charge >= 0.3 is 18.9 Å². The van der Waals surface area contributed by atoms with Crippen molar-refractivity contribution in [1.29, 1.82) is 0 Å². The third-order valence-electron chi connectivity index (χ3n) is 2.57. The van der Waals surface area contributed by atoms with Crippen LogP contribution < -0.4 is 24.0 Å². The molecular weight excluding hydrogens is 207 g/mol. The molecule has 1 heterocycles. The van der Waals surface area contributed by atoms with Crippen molar-refractivity contribution in [2.45, 2.75) is 38.0 Å². The van der Waals surface area contributed by atoms with Gasteiger partial charge in [-0.15, -0.1) is 10.2 Å². The van der Waals surface area contributed by atoms with E-state index in [-0.39, 0.29) is 23.9 Å². The zero-order valence-corrected chi connectivity index (χ0v) is 9.55. The zero-order chi connectivity index (χ0) is 9.97. The summed E-state index contributed by atoms with van der Waals surface area (Å²) in [5.41, 5.74) is 0. The van der Waals surface area contributed by atoms with Crippen LogP contribution in [0.5, 0.6) is 0 Å². The van der Waals surface area contributed by atoms with Gasteiger partial charge in [0.05, 0.1) is 0 Å². The van der Waals surface area contributed by atoms with Gasteiger partial charge in [0.25, 0.3) is 0 Å². The van der Waals surface area contributed by atoms with Crippen LogP contribution in [-0.4, -0.2) is 16.2 Å². The van der Waals surface area contributed by atoms with Crippen molar-refractivity contribution in [2.75, 3.05) is 0 Å². The van der Waals surface area contributed by atoms with E-state index in [0.717, 1.165) is 29.2 Å². The van der Waals surface area contributed by atoms with Gasteiger partial charge in [0.2, 0.25) is 0 Å². The van der Waals surface area contributed by atoms with Crippen molar-refractivity contribution in [2.24, 2.45) is 0 Å². The molecule has 0 N–H and O–H groups in total. The number of rotatable bonds is 2. The van der Waals surface area contributed by atoms with Gasteiger partial charge in [0.15, 0.2) is 5.01 Å². The molecule has 1 aromatic heterocycles. The molecule has 0 atom stereocenters. The summed E-state index contributed by atoms with van der Waals surface area (Å²) in [5, 5.41) is 18.9. The number of carbonyl (C=O) groups excluding carboxylic acids is 1. The Morgan fingerprint density at radius 2 is 1.93 bits per heavy atom. The molecule has 2 rings (SSSR count). The van der Waals surface area contributed by atoms with Crippen molar-refractivity contribution in [1.82, 2.24) is 10.2 Å². The summed E-state index contributed by atoms with van der Waals surface area (Å²) in [6.07, 6.45) is 5.93. The Morgan fingerprint density at radius 1 is 1.27 bits per heavy atom. The second-order valence-electron chi connectivity index (χ2n) is 3.57. The molecule has 0 aromatic carbocycles. The van der Waals surface area contributed by atoms with Gasteiger partial charge in [-0.2, -0.15) is 0 Å².